The van der Waals surface area contributed by atoms with Crippen molar-refractivity contribution in [3.63, 3.8) is 0 Å². The first kappa shape index (κ1) is 11.7. The Bertz CT molecular complexity index is 620. The summed E-state index contributed by atoms with van der Waals surface area (Å²) in [7, 11) is 0. The number of pyridine rings is 1. The van der Waals surface area contributed by atoms with Crippen LogP contribution in [0.5, 0.6) is 0 Å². The second-order valence-electron chi connectivity index (χ2n) is 4.53. The van der Waals surface area contributed by atoms with Crippen LogP contribution in [0.2, 0.25) is 0 Å². The Kier molecular flexibility index (Phi) is 3.11. The van der Waals surface area contributed by atoms with Crippen molar-refractivity contribution >= 4 is 12.0 Å². The minimum absolute atomic E-state index is 0.0360. The average molecular weight is 250 g/mol. The summed E-state index contributed by atoms with van der Waals surface area (Å²) in [6.45, 7) is 0. The maximum absolute atomic E-state index is 12.1. The SMILES string of the molecule is O=C(NC1CC=Cc2ccccc21)c1cccnc1. The van der Waals surface area contributed by atoms with Gasteiger partial charge in [-0.25, -0.2) is 0 Å². The highest BCUT2D eigenvalue weighted by Gasteiger charge is 2.19. The van der Waals surface area contributed by atoms with Crippen LogP contribution in [0.25, 0.3) is 6.08 Å². The van der Waals surface area contributed by atoms with Crippen LogP contribution in [-0.2, 0) is 0 Å². The molecule has 3 nitrogen and oxygen atoms in total. The van der Waals surface area contributed by atoms with Crippen molar-refractivity contribution < 1.29 is 4.79 Å². The van der Waals surface area contributed by atoms with Crippen LogP contribution in [0.1, 0.15) is 33.9 Å². The molecular formula is C16H14N2O. The zero-order chi connectivity index (χ0) is 13.1. The number of nitrogens with one attached hydrogen (secondary N) is 1. The molecule has 1 atom stereocenters. The predicted molar refractivity (Wildman–Crippen MR) is 74.5 cm³/mol. The Hall–Kier alpha value is -2.42. The first-order valence-corrected chi connectivity index (χ1v) is 6.31. The summed E-state index contributed by atoms with van der Waals surface area (Å²) in [6.07, 6.45) is 8.26. The zero-order valence-corrected chi connectivity index (χ0v) is 10.4. The van der Waals surface area contributed by atoms with Gasteiger partial charge in [-0.3, -0.25) is 9.78 Å². The number of amides is 1. The molecule has 1 unspecified atom stereocenters. The van der Waals surface area contributed by atoms with Gasteiger partial charge in [-0.15, -0.1) is 0 Å². The first-order valence-electron chi connectivity index (χ1n) is 6.31. The fourth-order valence-electron chi connectivity index (χ4n) is 2.31. The molecule has 1 aliphatic carbocycles. The van der Waals surface area contributed by atoms with Crippen LogP contribution in [0.3, 0.4) is 0 Å². The van der Waals surface area contributed by atoms with E-state index in [4.69, 9.17) is 0 Å². The van der Waals surface area contributed by atoms with Crippen molar-refractivity contribution in [3.8, 4) is 0 Å². The summed E-state index contributed by atoms with van der Waals surface area (Å²) in [6, 6.07) is 11.7. The number of benzene rings is 1. The lowest BCUT2D eigenvalue weighted by atomic mass is 9.93. The third kappa shape index (κ3) is 2.40. The minimum Gasteiger partial charge on any atom is -0.345 e. The number of hydrogen-bond acceptors (Lipinski definition) is 2. The average Bonchev–Trinajstić information content (AvgIpc) is 2.48. The molecule has 0 saturated carbocycles. The van der Waals surface area contributed by atoms with Gasteiger partial charge in [-0.05, 0) is 29.7 Å². The molecule has 0 bridgehead atoms. The number of fused-ring (bicyclic) bond motifs is 1. The highest BCUT2D eigenvalue weighted by atomic mass is 16.1. The van der Waals surface area contributed by atoms with Crippen molar-refractivity contribution in [2.75, 3.05) is 0 Å². The third-order valence-electron chi connectivity index (χ3n) is 3.27. The van der Waals surface area contributed by atoms with E-state index in [1.165, 1.54) is 11.1 Å². The molecule has 3 heteroatoms. The molecule has 1 aliphatic rings. The molecule has 19 heavy (non-hydrogen) atoms. The lowest BCUT2D eigenvalue weighted by Gasteiger charge is -2.22. The molecule has 3 rings (SSSR count). The Labute approximate surface area is 112 Å². The lowest BCUT2D eigenvalue weighted by molar-refractivity contribution is 0.0936. The Morgan fingerprint density at radius 3 is 2.95 bits per heavy atom. The zero-order valence-electron chi connectivity index (χ0n) is 10.4. The predicted octanol–water partition coefficient (Wildman–Crippen LogP) is 2.97. The van der Waals surface area contributed by atoms with Crippen molar-refractivity contribution in [1.82, 2.24) is 10.3 Å². The lowest BCUT2D eigenvalue weighted by Crippen LogP contribution is -2.29. The van der Waals surface area contributed by atoms with Gasteiger partial charge in [0.05, 0.1) is 11.6 Å². The second-order valence-corrected chi connectivity index (χ2v) is 4.53. The van der Waals surface area contributed by atoms with Crippen LogP contribution in [0, 0.1) is 0 Å². The largest absolute Gasteiger partial charge is 0.345 e. The van der Waals surface area contributed by atoms with E-state index in [-0.39, 0.29) is 11.9 Å². The summed E-state index contributed by atoms with van der Waals surface area (Å²) in [5.41, 5.74) is 2.93. The van der Waals surface area contributed by atoms with E-state index in [0.29, 0.717) is 5.56 Å². The van der Waals surface area contributed by atoms with E-state index >= 15 is 0 Å². The van der Waals surface area contributed by atoms with Crippen LogP contribution < -0.4 is 5.32 Å². The quantitative estimate of drug-likeness (QED) is 0.890. The monoisotopic (exact) mass is 250 g/mol. The fraction of sp³-hybridized carbons (Fsp3) is 0.125. The van der Waals surface area contributed by atoms with Gasteiger partial charge >= 0.3 is 0 Å². The van der Waals surface area contributed by atoms with Crippen molar-refractivity contribution in [2.24, 2.45) is 0 Å². The molecule has 1 heterocycles. The second kappa shape index (κ2) is 5.06. The van der Waals surface area contributed by atoms with Gasteiger partial charge in [0.1, 0.15) is 0 Å². The molecule has 0 aliphatic heterocycles. The van der Waals surface area contributed by atoms with Crippen molar-refractivity contribution in [1.29, 1.82) is 0 Å². The van der Waals surface area contributed by atoms with E-state index in [1.54, 1.807) is 24.5 Å². The van der Waals surface area contributed by atoms with Crippen molar-refractivity contribution in [2.45, 2.75) is 12.5 Å². The fourth-order valence-corrected chi connectivity index (χ4v) is 2.31. The topological polar surface area (TPSA) is 42.0 Å². The first-order chi connectivity index (χ1) is 9.34. The van der Waals surface area contributed by atoms with Crippen LogP contribution in [0.4, 0.5) is 0 Å². The number of aromatic nitrogens is 1. The van der Waals surface area contributed by atoms with Crippen LogP contribution >= 0.6 is 0 Å². The molecule has 0 spiro atoms. The van der Waals surface area contributed by atoms with Gasteiger partial charge in [0, 0.05) is 12.4 Å². The Morgan fingerprint density at radius 1 is 1.21 bits per heavy atom. The summed E-state index contributed by atoms with van der Waals surface area (Å²) in [4.78, 5) is 16.1. The van der Waals surface area contributed by atoms with Crippen molar-refractivity contribution in [3.05, 3.63) is 71.6 Å². The molecule has 0 fully saturated rings. The smallest absolute Gasteiger partial charge is 0.253 e. The molecule has 1 aromatic carbocycles. The third-order valence-corrected chi connectivity index (χ3v) is 3.27. The van der Waals surface area contributed by atoms with E-state index in [2.05, 4.69) is 34.6 Å². The maximum atomic E-state index is 12.1. The van der Waals surface area contributed by atoms with E-state index in [0.717, 1.165) is 6.42 Å². The number of carbonyl (C=O) groups is 1. The number of carbonyl (C=O) groups excluding carboxylic acids is 1. The number of hydrogen-bond donors (Lipinski definition) is 1. The Morgan fingerprint density at radius 2 is 2.11 bits per heavy atom. The summed E-state index contributed by atoms with van der Waals surface area (Å²) < 4.78 is 0. The summed E-state index contributed by atoms with van der Waals surface area (Å²) in [5, 5.41) is 3.06. The van der Waals surface area contributed by atoms with E-state index < -0.39 is 0 Å². The molecule has 0 radical (unpaired) electrons. The van der Waals surface area contributed by atoms with Gasteiger partial charge < -0.3 is 5.32 Å². The standard InChI is InChI=1S/C16H14N2O/c19-16(13-7-4-10-17-11-13)18-15-9-3-6-12-5-1-2-8-14(12)15/h1-8,10-11,15H,9H2,(H,18,19). The highest BCUT2D eigenvalue weighted by Crippen LogP contribution is 2.27. The molecule has 1 aromatic heterocycles. The van der Waals surface area contributed by atoms with Gasteiger partial charge in [-0.1, -0.05) is 36.4 Å². The van der Waals surface area contributed by atoms with E-state index in [1.807, 2.05) is 12.1 Å². The van der Waals surface area contributed by atoms with Gasteiger partial charge in [0.15, 0.2) is 0 Å². The molecule has 94 valence electrons. The molecule has 0 saturated heterocycles. The number of rotatable bonds is 2. The van der Waals surface area contributed by atoms with Gasteiger partial charge in [-0.2, -0.15) is 0 Å². The highest BCUT2D eigenvalue weighted by molar-refractivity contribution is 5.94. The summed E-state index contributed by atoms with van der Waals surface area (Å²) in [5.74, 6) is -0.0804. The molecule has 1 amide bonds. The maximum Gasteiger partial charge on any atom is 0.253 e. The van der Waals surface area contributed by atoms with Gasteiger partial charge in [0.2, 0.25) is 0 Å². The molecule has 2 aromatic rings. The normalized spacial score (nSPS) is 16.7. The van der Waals surface area contributed by atoms with Gasteiger partial charge in [0.25, 0.3) is 5.91 Å². The molecule has 1 N–H and O–H groups in total. The van der Waals surface area contributed by atoms with Crippen LogP contribution in [-0.4, -0.2) is 10.9 Å². The minimum atomic E-state index is -0.0804. The van der Waals surface area contributed by atoms with E-state index in [9.17, 15) is 4.79 Å². The Balaban J connectivity index is 1.82. The number of nitrogens with zero attached hydrogens (tertiary/aromatic N) is 1. The molecular weight excluding hydrogens is 236 g/mol. The van der Waals surface area contributed by atoms with Crippen LogP contribution in [0.15, 0.2) is 54.9 Å². The summed E-state index contributed by atoms with van der Waals surface area (Å²) >= 11 is 0.